The first kappa shape index (κ1) is 12.7. The molecule has 0 unspecified atom stereocenters. The molecule has 0 atom stereocenters. The lowest BCUT2D eigenvalue weighted by Gasteiger charge is -2.08. The zero-order valence-electron chi connectivity index (χ0n) is 11.9. The third-order valence-electron chi connectivity index (χ3n) is 3.65. The lowest BCUT2D eigenvalue weighted by atomic mass is 10.0. The average molecular weight is 265 g/mol. The van der Waals surface area contributed by atoms with E-state index in [4.69, 9.17) is 5.73 Å². The monoisotopic (exact) mass is 265 g/mol. The average Bonchev–Trinajstić information content (AvgIpc) is 2.82. The summed E-state index contributed by atoms with van der Waals surface area (Å²) in [6.07, 6.45) is 1.89. The normalized spacial score (nSPS) is 11.3. The quantitative estimate of drug-likeness (QED) is 0.732. The number of benzene rings is 2. The highest BCUT2D eigenvalue weighted by atomic mass is 15.3. The molecule has 2 N–H and O–H groups in total. The van der Waals surface area contributed by atoms with Crippen molar-refractivity contribution >= 4 is 16.6 Å². The van der Waals surface area contributed by atoms with E-state index in [2.05, 4.69) is 43.2 Å². The molecule has 3 rings (SSSR count). The molecule has 0 radical (unpaired) electrons. The van der Waals surface area contributed by atoms with Crippen LogP contribution in [0.3, 0.4) is 0 Å². The number of aromatic nitrogens is 2. The Morgan fingerprint density at radius 2 is 1.85 bits per heavy atom. The number of hydrogen-bond donors (Lipinski definition) is 1. The van der Waals surface area contributed by atoms with Crippen LogP contribution in [0.1, 0.15) is 30.9 Å². The Labute approximate surface area is 119 Å². The molecular weight excluding hydrogens is 246 g/mol. The van der Waals surface area contributed by atoms with Gasteiger partial charge in [0.2, 0.25) is 0 Å². The predicted molar refractivity (Wildman–Crippen MR) is 83.8 cm³/mol. The van der Waals surface area contributed by atoms with Gasteiger partial charge in [-0.15, -0.1) is 0 Å². The second-order valence-corrected chi connectivity index (χ2v) is 5.52. The SMILES string of the molecule is CC(C)c1ccc(Cn2ncc3ccc(N)cc32)cc1. The maximum absolute atomic E-state index is 5.86. The van der Waals surface area contributed by atoms with Crippen molar-refractivity contribution in [3.8, 4) is 0 Å². The van der Waals surface area contributed by atoms with E-state index in [0.717, 1.165) is 23.1 Å². The first-order chi connectivity index (χ1) is 9.63. The molecule has 0 aliphatic carbocycles. The van der Waals surface area contributed by atoms with Gasteiger partial charge in [0.25, 0.3) is 0 Å². The molecule has 0 saturated carbocycles. The fourth-order valence-corrected chi connectivity index (χ4v) is 2.39. The van der Waals surface area contributed by atoms with Crippen LogP contribution >= 0.6 is 0 Å². The van der Waals surface area contributed by atoms with Crippen LogP contribution in [-0.2, 0) is 6.54 Å². The summed E-state index contributed by atoms with van der Waals surface area (Å²) >= 11 is 0. The number of rotatable bonds is 3. The predicted octanol–water partition coefficient (Wildman–Crippen LogP) is 3.79. The first-order valence-corrected chi connectivity index (χ1v) is 6.93. The van der Waals surface area contributed by atoms with Crippen LogP contribution in [0.15, 0.2) is 48.7 Å². The van der Waals surface area contributed by atoms with E-state index in [9.17, 15) is 0 Å². The van der Waals surface area contributed by atoms with Gasteiger partial charge in [-0.1, -0.05) is 38.1 Å². The van der Waals surface area contributed by atoms with E-state index in [1.807, 2.05) is 29.1 Å². The molecular formula is C17H19N3. The summed E-state index contributed by atoms with van der Waals surface area (Å²) < 4.78 is 2.00. The molecule has 3 aromatic rings. The summed E-state index contributed by atoms with van der Waals surface area (Å²) in [5.74, 6) is 0.564. The van der Waals surface area contributed by atoms with Crippen LogP contribution in [0.25, 0.3) is 10.9 Å². The van der Waals surface area contributed by atoms with E-state index in [1.165, 1.54) is 11.1 Å². The summed E-state index contributed by atoms with van der Waals surface area (Å²) in [5.41, 5.74) is 10.3. The highest BCUT2D eigenvalue weighted by molar-refractivity contribution is 5.81. The largest absolute Gasteiger partial charge is 0.399 e. The maximum atomic E-state index is 5.86. The second-order valence-electron chi connectivity index (χ2n) is 5.52. The fourth-order valence-electron chi connectivity index (χ4n) is 2.39. The van der Waals surface area contributed by atoms with Gasteiger partial charge in [0.05, 0.1) is 18.3 Å². The zero-order chi connectivity index (χ0) is 14.1. The Morgan fingerprint density at radius 3 is 2.55 bits per heavy atom. The molecule has 0 saturated heterocycles. The lowest BCUT2D eigenvalue weighted by Crippen LogP contribution is -2.02. The van der Waals surface area contributed by atoms with Gasteiger partial charge in [-0.25, -0.2) is 0 Å². The summed E-state index contributed by atoms with van der Waals surface area (Å²) in [5, 5.41) is 5.57. The van der Waals surface area contributed by atoms with Crippen LogP contribution < -0.4 is 5.73 Å². The molecule has 0 fully saturated rings. The Bertz CT molecular complexity index is 724. The minimum absolute atomic E-state index is 0.564. The second kappa shape index (κ2) is 5.00. The number of nitrogen functional groups attached to an aromatic ring is 1. The standard InChI is InChI=1S/C17H19N3/c1-12(2)14-5-3-13(4-6-14)11-20-17-9-16(18)8-7-15(17)10-19-20/h3-10,12H,11,18H2,1-2H3. The fraction of sp³-hybridized carbons (Fsp3) is 0.235. The van der Waals surface area contributed by atoms with Gasteiger partial charge in [0.1, 0.15) is 0 Å². The van der Waals surface area contributed by atoms with Gasteiger partial charge in [-0.3, -0.25) is 4.68 Å². The molecule has 3 heteroatoms. The summed E-state index contributed by atoms with van der Waals surface area (Å²) in [6, 6.07) is 14.6. The molecule has 0 amide bonds. The smallest absolute Gasteiger partial charge is 0.0706 e. The molecule has 3 nitrogen and oxygen atoms in total. The van der Waals surface area contributed by atoms with Crippen molar-refractivity contribution in [2.45, 2.75) is 26.3 Å². The van der Waals surface area contributed by atoms with Crippen LogP contribution in [0, 0.1) is 0 Å². The van der Waals surface area contributed by atoms with E-state index < -0.39 is 0 Å². The Hall–Kier alpha value is -2.29. The number of nitrogens with zero attached hydrogens (tertiary/aromatic N) is 2. The van der Waals surface area contributed by atoms with Crippen molar-refractivity contribution in [2.75, 3.05) is 5.73 Å². The number of fused-ring (bicyclic) bond motifs is 1. The van der Waals surface area contributed by atoms with Gasteiger partial charge in [-0.2, -0.15) is 5.10 Å². The third-order valence-corrected chi connectivity index (χ3v) is 3.65. The van der Waals surface area contributed by atoms with Gasteiger partial charge >= 0.3 is 0 Å². The molecule has 102 valence electrons. The minimum Gasteiger partial charge on any atom is -0.399 e. The molecule has 20 heavy (non-hydrogen) atoms. The van der Waals surface area contributed by atoms with Gasteiger partial charge in [-0.05, 0) is 35.2 Å². The first-order valence-electron chi connectivity index (χ1n) is 6.93. The van der Waals surface area contributed by atoms with Crippen molar-refractivity contribution in [3.63, 3.8) is 0 Å². The van der Waals surface area contributed by atoms with Gasteiger partial charge in [0, 0.05) is 11.1 Å². The van der Waals surface area contributed by atoms with E-state index in [0.29, 0.717) is 5.92 Å². The van der Waals surface area contributed by atoms with E-state index >= 15 is 0 Å². The van der Waals surface area contributed by atoms with Crippen LogP contribution in [0.4, 0.5) is 5.69 Å². The van der Waals surface area contributed by atoms with Gasteiger partial charge < -0.3 is 5.73 Å². The van der Waals surface area contributed by atoms with Crippen molar-refractivity contribution < 1.29 is 0 Å². The Morgan fingerprint density at radius 1 is 1.10 bits per heavy atom. The van der Waals surface area contributed by atoms with E-state index in [-0.39, 0.29) is 0 Å². The molecule has 0 aliphatic heterocycles. The van der Waals surface area contributed by atoms with Crippen LogP contribution in [0.5, 0.6) is 0 Å². The minimum atomic E-state index is 0.564. The molecule has 2 aromatic carbocycles. The van der Waals surface area contributed by atoms with Crippen LogP contribution in [-0.4, -0.2) is 9.78 Å². The summed E-state index contributed by atoms with van der Waals surface area (Å²) in [6.45, 7) is 5.18. The van der Waals surface area contributed by atoms with Crippen molar-refractivity contribution in [1.82, 2.24) is 9.78 Å². The number of anilines is 1. The lowest BCUT2D eigenvalue weighted by molar-refractivity contribution is 0.711. The molecule has 1 heterocycles. The van der Waals surface area contributed by atoms with Gasteiger partial charge in [0.15, 0.2) is 0 Å². The van der Waals surface area contributed by atoms with Crippen molar-refractivity contribution in [2.24, 2.45) is 0 Å². The summed E-state index contributed by atoms with van der Waals surface area (Å²) in [4.78, 5) is 0. The molecule has 0 spiro atoms. The molecule has 0 bridgehead atoms. The molecule has 0 aliphatic rings. The maximum Gasteiger partial charge on any atom is 0.0706 e. The Kier molecular flexibility index (Phi) is 3.18. The van der Waals surface area contributed by atoms with Crippen LogP contribution in [0.2, 0.25) is 0 Å². The topological polar surface area (TPSA) is 43.8 Å². The van der Waals surface area contributed by atoms with Crippen molar-refractivity contribution in [1.29, 1.82) is 0 Å². The number of hydrogen-bond acceptors (Lipinski definition) is 2. The number of nitrogens with two attached hydrogens (primary N) is 1. The summed E-state index contributed by atoms with van der Waals surface area (Å²) in [7, 11) is 0. The molecule has 1 aromatic heterocycles. The highest BCUT2D eigenvalue weighted by Crippen LogP contribution is 2.19. The van der Waals surface area contributed by atoms with E-state index in [1.54, 1.807) is 0 Å². The third kappa shape index (κ3) is 2.39. The zero-order valence-corrected chi connectivity index (χ0v) is 11.9. The van der Waals surface area contributed by atoms with Crippen molar-refractivity contribution in [3.05, 3.63) is 59.8 Å². The highest BCUT2D eigenvalue weighted by Gasteiger charge is 2.04. The Balaban J connectivity index is 1.91.